The number of esters is 1. The van der Waals surface area contributed by atoms with Crippen LogP contribution >= 0.6 is 0 Å². The summed E-state index contributed by atoms with van der Waals surface area (Å²) in [5.41, 5.74) is 4.67. The molecule has 28 heavy (non-hydrogen) atoms. The number of carbonyl (C=O) groups is 2. The van der Waals surface area contributed by atoms with Gasteiger partial charge in [-0.05, 0) is 53.6 Å². The Bertz CT molecular complexity index is 979. The highest BCUT2D eigenvalue weighted by Gasteiger charge is 2.02. The van der Waals surface area contributed by atoms with Gasteiger partial charge in [0.05, 0.1) is 6.21 Å². The molecule has 3 aromatic carbocycles. The second-order valence-electron chi connectivity index (χ2n) is 5.80. The summed E-state index contributed by atoms with van der Waals surface area (Å²) in [6.07, 6.45) is 4.59. The van der Waals surface area contributed by atoms with Gasteiger partial charge in [0.2, 0.25) is 0 Å². The molecule has 0 saturated heterocycles. The SMILES string of the molecule is O=C(/C=C/c1ccccc1)Oc1ccc(/C=N/NC(=O)c2ccccc2)cc1. The molecule has 0 fully saturated rings. The lowest BCUT2D eigenvalue weighted by molar-refractivity contribution is -0.128. The Balaban J connectivity index is 1.51. The molecule has 0 saturated carbocycles. The van der Waals surface area contributed by atoms with Crippen LogP contribution in [0.3, 0.4) is 0 Å². The van der Waals surface area contributed by atoms with Crippen molar-refractivity contribution in [3.63, 3.8) is 0 Å². The standard InChI is InChI=1S/C23H18N2O3/c26-22(16-13-18-7-3-1-4-8-18)28-21-14-11-19(12-15-21)17-24-25-23(27)20-9-5-2-6-10-20/h1-17H,(H,25,27)/b16-13+,24-17+. The molecular formula is C23H18N2O3. The molecule has 0 bridgehead atoms. The highest BCUT2D eigenvalue weighted by atomic mass is 16.5. The summed E-state index contributed by atoms with van der Waals surface area (Å²) in [6, 6.07) is 25.1. The molecule has 5 heteroatoms. The average molecular weight is 370 g/mol. The van der Waals surface area contributed by atoms with Crippen molar-refractivity contribution >= 4 is 24.2 Å². The number of hydrogen-bond acceptors (Lipinski definition) is 4. The van der Waals surface area contributed by atoms with Gasteiger partial charge in [-0.2, -0.15) is 5.10 Å². The minimum atomic E-state index is -0.458. The van der Waals surface area contributed by atoms with Crippen LogP contribution in [-0.2, 0) is 4.79 Å². The highest BCUT2D eigenvalue weighted by molar-refractivity contribution is 5.94. The maximum Gasteiger partial charge on any atom is 0.336 e. The smallest absolute Gasteiger partial charge is 0.336 e. The second-order valence-corrected chi connectivity index (χ2v) is 5.80. The van der Waals surface area contributed by atoms with E-state index in [4.69, 9.17) is 4.74 Å². The van der Waals surface area contributed by atoms with Crippen molar-refractivity contribution in [3.8, 4) is 5.75 Å². The van der Waals surface area contributed by atoms with Crippen molar-refractivity contribution in [2.24, 2.45) is 5.10 Å². The first-order valence-electron chi connectivity index (χ1n) is 8.64. The largest absolute Gasteiger partial charge is 0.423 e. The van der Waals surface area contributed by atoms with Gasteiger partial charge in [0.1, 0.15) is 5.75 Å². The van der Waals surface area contributed by atoms with Gasteiger partial charge in [-0.25, -0.2) is 10.2 Å². The van der Waals surface area contributed by atoms with E-state index in [1.165, 1.54) is 12.3 Å². The van der Waals surface area contributed by atoms with Gasteiger partial charge >= 0.3 is 5.97 Å². The number of amides is 1. The van der Waals surface area contributed by atoms with E-state index < -0.39 is 5.97 Å². The van der Waals surface area contributed by atoms with E-state index >= 15 is 0 Å². The van der Waals surface area contributed by atoms with Gasteiger partial charge in [0, 0.05) is 11.6 Å². The molecule has 5 nitrogen and oxygen atoms in total. The van der Waals surface area contributed by atoms with Crippen molar-refractivity contribution in [1.82, 2.24) is 5.43 Å². The maximum absolute atomic E-state index is 11.9. The Morgan fingerprint density at radius 1 is 0.786 bits per heavy atom. The summed E-state index contributed by atoms with van der Waals surface area (Å²) >= 11 is 0. The van der Waals surface area contributed by atoms with Gasteiger partial charge in [-0.3, -0.25) is 4.79 Å². The third kappa shape index (κ3) is 5.78. The first-order valence-corrected chi connectivity index (χ1v) is 8.64. The monoisotopic (exact) mass is 370 g/mol. The third-order valence-corrected chi connectivity index (χ3v) is 3.73. The second kappa shape index (κ2) is 9.64. The minimum Gasteiger partial charge on any atom is -0.423 e. The number of carbonyl (C=O) groups excluding carboxylic acids is 2. The Hall–Kier alpha value is -3.99. The van der Waals surface area contributed by atoms with Crippen LogP contribution in [0.2, 0.25) is 0 Å². The lowest BCUT2D eigenvalue weighted by atomic mass is 10.2. The van der Waals surface area contributed by atoms with Crippen LogP contribution in [0.15, 0.2) is 96.1 Å². The lowest BCUT2D eigenvalue weighted by Gasteiger charge is -2.02. The van der Waals surface area contributed by atoms with E-state index in [0.717, 1.165) is 11.1 Å². The topological polar surface area (TPSA) is 67.8 Å². The van der Waals surface area contributed by atoms with Crippen molar-refractivity contribution < 1.29 is 14.3 Å². The van der Waals surface area contributed by atoms with Crippen molar-refractivity contribution in [3.05, 3.63) is 108 Å². The molecule has 3 aromatic rings. The summed E-state index contributed by atoms with van der Waals surface area (Å²) in [4.78, 5) is 23.8. The van der Waals surface area contributed by atoms with Gasteiger partial charge in [0.15, 0.2) is 0 Å². The molecule has 138 valence electrons. The fourth-order valence-electron chi connectivity index (χ4n) is 2.32. The summed E-state index contributed by atoms with van der Waals surface area (Å²) < 4.78 is 5.25. The molecule has 0 aliphatic carbocycles. The zero-order valence-electron chi connectivity index (χ0n) is 15.0. The summed E-state index contributed by atoms with van der Waals surface area (Å²) in [6.45, 7) is 0. The van der Waals surface area contributed by atoms with E-state index in [1.807, 2.05) is 36.4 Å². The fourth-order valence-corrected chi connectivity index (χ4v) is 2.32. The molecule has 0 atom stereocenters. The predicted octanol–water partition coefficient (Wildman–Crippen LogP) is 4.07. The van der Waals surface area contributed by atoms with Crippen LogP contribution in [0.4, 0.5) is 0 Å². The Labute approximate surface area is 163 Å². The van der Waals surface area contributed by atoms with Crippen molar-refractivity contribution in [1.29, 1.82) is 0 Å². The molecule has 0 aromatic heterocycles. The number of nitrogens with one attached hydrogen (secondary N) is 1. The van der Waals surface area contributed by atoms with Crippen LogP contribution in [0.25, 0.3) is 6.08 Å². The number of hydrogen-bond donors (Lipinski definition) is 1. The normalized spacial score (nSPS) is 10.9. The van der Waals surface area contributed by atoms with Gasteiger partial charge in [-0.1, -0.05) is 48.5 Å². The summed E-state index contributed by atoms with van der Waals surface area (Å²) in [7, 11) is 0. The minimum absolute atomic E-state index is 0.285. The number of nitrogens with zero attached hydrogens (tertiary/aromatic N) is 1. The molecule has 1 N–H and O–H groups in total. The molecule has 0 aliphatic heterocycles. The first-order chi connectivity index (χ1) is 13.7. The van der Waals surface area contributed by atoms with E-state index in [9.17, 15) is 9.59 Å². The number of benzene rings is 3. The molecule has 0 aliphatic rings. The Morgan fingerprint density at radius 3 is 2.11 bits per heavy atom. The van der Waals surface area contributed by atoms with E-state index in [0.29, 0.717) is 11.3 Å². The van der Waals surface area contributed by atoms with E-state index in [-0.39, 0.29) is 5.91 Å². The van der Waals surface area contributed by atoms with Gasteiger partial charge in [0.25, 0.3) is 5.91 Å². The zero-order chi connectivity index (χ0) is 19.6. The quantitative estimate of drug-likeness (QED) is 0.234. The molecular weight excluding hydrogens is 352 g/mol. The van der Waals surface area contributed by atoms with Crippen LogP contribution in [0.1, 0.15) is 21.5 Å². The van der Waals surface area contributed by atoms with Crippen molar-refractivity contribution in [2.45, 2.75) is 0 Å². The highest BCUT2D eigenvalue weighted by Crippen LogP contribution is 2.12. The number of ether oxygens (including phenoxy) is 1. The summed E-state index contributed by atoms with van der Waals surface area (Å²) in [5, 5.41) is 3.93. The first kappa shape index (κ1) is 18.8. The summed E-state index contributed by atoms with van der Waals surface area (Å²) in [5.74, 6) is -0.318. The zero-order valence-corrected chi connectivity index (χ0v) is 15.0. The molecule has 0 radical (unpaired) electrons. The van der Waals surface area contributed by atoms with Crippen molar-refractivity contribution in [2.75, 3.05) is 0 Å². The van der Waals surface area contributed by atoms with Gasteiger partial charge in [-0.15, -0.1) is 0 Å². The molecule has 3 rings (SSSR count). The Kier molecular flexibility index (Phi) is 6.47. The van der Waals surface area contributed by atoms with E-state index in [1.54, 1.807) is 54.6 Å². The molecule has 1 amide bonds. The van der Waals surface area contributed by atoms with Crippen LogP contribution in [0, 0.1) is 0 Å². The fraction of sp³-hybridized carbons (Fsp3) is 0. The average Bonchev–Trinajstić information content (AvgIpc) is 2.75. The number of rotatable bonds is 6. The lowest BCUT2D eigenvalue weighted by Crippen LogP contribution is -2.17. The number of hydrazone groups is 1. The predicted molar refractivity (Wildman–Crippen MR) is 109 cm³/mol. The van der Waals surface area contributed by atoms with Crippen LogP contribution in [-0.4, -0.2) is 18.1 Å². The molecule has 0 unspecified atom stereocenters. The Morgan fingerprint density at radius 2 is 1.43 bits per heavy atom. The maximum atomic E-state index is 11.9. The molecule has 0 heterocycles. The van der Waals surface area contributed by atoms with Gasteiger partial charge < -0.3 is 4.74 Å². The van der Waals surface area contributed by atoms with Crippen LogP contribution in [0.5, 0.6) is 5.75 Å². The van der Waals surface area contributed by atoms with Crippen LogP contribution < -0.4 is 10.2 Å². The third-order valence-electron chi connectivity index (χ3n) is 3.73. The van der Waals surface area contributed by atoms with E-state index in [2.05, 4.69) is 10.5 Å². The molecule has 0 spiro atoms.